The van der Waals surface area contributed by atoms with Gasteiger partial charge in [0.15, 0.2) is 0 Å². The minimum atomic E-state index is 0. The van der Waals surface area contributed by atoms with E-state index < -0.39 is 0 Å². The molecule has 0 saturated carbocycles. The van der Waals surface area contributed by atoms with E-state index in [1.807, 2.05) is 0 Å². The van der Waals surface area contributed by atoms with Crippen LogP contribution >= 0.6 is 12.4 Å². The molecule has 1 aromatic rings. The average molecular weight is 311 g/mol. The van der Waals surface area contributed by atoms with E-state index in [9.17, 15) is 0 Å². The van der Waals surface area contributed by atoms with Gasteiger partial charge in [0.1, 0.15) is 0 Å². The van der Waals surface area contributed by atoms with Crippen LogP contribution in [0.5, 0.6) is 0 Å². The Hall–Kier alpha value is 0.0996. The Morgan fingerprint density at radius 1 is 1.23 bits per heavy atom. The number of rotatable bonds is 0. The topological polar surface area (TPSA) is 12.0 Å². The number of aryl methyl sites for hydroxylation is 2. The van der Waals surface area contributed by atoms with Crippen LogP contribution in [0.3, 0.4) is 0 Å². The molecule has 1 heterocycles. The molecule has 0 aliphatic carbocycles. The van der Waals surface area contributed by atoms with Gasteiger partial charge in [-0.05, 0) is 0 Å². The first-order valence-electron chi connectivity index (χ1n) is 4.21. The summed E-state index contributed by atoms with van der Waals surface area (Å²) >= 11 is 0.0449. The molecule has 13 heavy (non-hydrogen) atoms. The molecular weight excluding hydrogens is 297 g/mol. The molecule has 72 valence electrons. The van der Waals surface area contributed by atoms with Crippen molar-refractivity contribution >= 4 is 42.6 Å². The van der Waals surface area contributed by atoms with Crippen LogP contribution in [-0.2, 0) is 0 Å². The summed E-state index contributed by atoms with van der Waals surface area (Å²) in [5.41, 5.74) is 4.24. The molecule has 1 aromatic carbocycles. The Morgan fingerprint density at radius 2 is 1.85 bits per heavy atom. The van der Waals surface area contributed by atoms with Gasteiger partial charge >= 0.3 is 83.7 Å². The van der Waals surface area contributed by atoms with Crippen molar-refractivity contribution in [1.82, 2.24) is 0 Å². The van der Waals surface area contributed by atoms with Crippen molar-refractivity contribution in [1.29, 1.82) is 0 Å². The van der Waals surface area contributed by atoms with E-state index in [0.717, 1.165) is 4.09 Å². The third-order valence-electron chi connectivity index (χ3n) is 2.26. The van der Waals surface area contributed by atoms with E-state index in [0.29, 0.717) is 0 Å². The molecule has 0 spiro atoms. The van der Waals surface area contributed by atoms with Crippen molar-refractivity contribution in [2.45, 2.75) is 24.9 Å². The van der Waals surface area contributed by atoms with Crippen molar-refractivity contribution in [3.8, 4) is 0 Å². The summed E-state index contributed by atoms with van der Waals surface area (Å²) < 4.78 is 2.35. The number of halogens is 1. The molecule has 1 atom stereocenters. The SMILES string of the molecule is Cc1cc2c(cc1C)[Te]C(C)N2.Cl. The molecule has 3 heteroatoms. The fourth-order valence-electron chi connectivity index (χ4n) is 1.44. The zero-order valence-electron chi connectivity index (χ0n) is 8.05. The quantitative estimate of drug-likeness (QED) is 0.721. The molecule has 1 N–H and O–H groups in total. The van der Waals surface area contributed by atoms with Crippen LogP contribution in [0.4, 0.5) is 5.69 Å². The first kappa shape index (κ1) is 11.2. The number of fused-ring (bicyclic) bond motifs is 1. The van der Waals surface area contributed by atoms with E-state index in [-0.39, 0.29) is 33.3 Å². The van der Waals surface area contributed by atoms with E-state index in [2.05, 4.69) is 38.2 Å². The maximum absolute atomic E-state index is 3.52. The van der Waals surface area contributed by atoms with Crippen molar-refractivity contribution in [2.24, 2.45) is 0 Å². The summed E-state index contributed by atoms with van der Waals surface area (Å²) in [4.78, 5) is 0. The van der Waals surface area contributed by atoms with Crippen LogP contribution in [0.15, 0.2) is 12.1 Å². The molecule has 0 bridgehead atoms. The van der Waals surface area contributed by atoms with Crippen LogP contribution in [0, 0.1) is 13.8 Å². The van der Waals surface area contributed by atoms with Crippen molar-refractivity contribution in [3.05, 3.63) is 23.3 Å². The van der Waals surface area contributed by atoms with E-state index >= 15 is 0 Å². The van der Waals surface area contributed by atoms with Crippen LogP contribution < -0.4 is 8.93 Å². The molecule has 0 aromatic heterocycles. The molecule has 0 saturated heterocycles. The van der Waals surface area contributed by atoms with Gasteiger partial charge in [-0.25, -0.2) is 0 Å². The fraction of sp³-hybridized carbons (Fsp3) is 0.400. The van der Waals surface area contributed by atoms with Gasteiger partial charge in [-0.1, -0.05) is 0 Å². The van der Waals surface area contributed by atoms with Crippen LogP contribution in [-0.4, -0.2) is 25.0 Å². The van der Waals surface area contributed by atoms with Crippen LogP contribution in [0.1, 0.15) is 18.1 Å². The molecule has 2 rings (SSSR count). The van der Waals surface area contributed by atoms with Gasteiger partial charge in [-0.2, -0.15) is 0 Å². The Morgan fingerprint density at radius 3 is 2.54 bits per heavy atom. The summed E-state index contributed by atoms with van der Waals surface area (Å²) in [6.45, 7) is 6.67. The maximum atomic E-state index is 3.52. The molecule has 1 unspecified atom stereocenters. The Bertz CT molecular complexity index is 294. The van der Waals surface area contributed by atoms with Crippen molar-refractivity contribution < 1.29 is 0 Å². The normalized spacial score (nSPS) is 18.8. The zero-order chi connectivity index (χ0) is 8.72. The summed E-state index contributed by atoms with van der Waals surface area (Å²) in [5, 5.41) is 3.52. The first-order valence-corrected chi connectivity index (χ1v) is 6.72. The number of anilines is 1. The predicted molar refractivity (Wildman–Crippen MR) is 61.6 cm³/mol. The van der Waals surface area contributed by atoms with Gasteiger partial charge in [0.2, 0.25) is 0 Å². The van der Waals surface area contributed by atoms with Gasteiger partial charge in [-0.3, -0.25) is 0 Å². The number of hydrogen-bond acceptors (Lipinski definition) is 1. The minimum Gasteiger partial charge on any atom is -0.147 e. The van der Waals surface area contributed by atoms with Gasteiger partial charge < -0.3 is 0 Å². The van der Waals surface area contributed by atoms with Crippen LogP contribution in [0.25, 0.3) is 0 Å². The van der Waals surface area contributed by atoms with E-state index in [4.69, 9.17) is 0 Å². The molecular formula is C10H14ClNTe. The number of nitrogens with one attached hydrogen (secondary N) is 1. The van der Waals surface area contributed by atoms with Gasteiger partial charge in [-0.15, -0.1) is 12.4 Å². The molecule has 1 nitrogen and oxygen atoms in total. The standard InChI is InChI=1S/C10H13NTe.ClH/c1-6-4-9-10(5-7(6)2)12-8(3)11-9;/h4-5,8,11H,1-3H3;1H. The zero-order valence-corrected chi connectivity index (χ0v) is 11.2. The fourth-order valence-corrected chi connectivity index (χ4v) is 4.45. The second kappa shape index (κ2) is 4.09. The number of benzene rings is 1. The van der Waals surface area contributed by atoms with Crippen LogP contribution in [0.2, 0.25) is 0 Å². The van der Waals surface area contributed by atoms with Crippen molar-refractivity contribution in [3.63, 3.8) is 0 Å². The molecule has 1 aliphatic rings. The van der Waals surface area contributed by atoms with Gasteiger partial charge in [0.05, 0.1) is 0 Å². The monoisotopic (exact) mass is 313 g/mol. The Labute approximate surface area is 95.8 Å². The summed E-state index contributed by atoms with van der Waals surface area (Å²) in [7, 11) is 0. The molecule has 1 aliphatic heterocycles. The molecule has 0 amide bonds. The third kappa shape index (κ3) is 2.13. The Balaban J connectivity index is 0.000000845. The minimum absolute atomic E-state index is 0. The first-order chi connectivity index (χ1) is 5.66. The maximum Gasteiger partial charge on any atom is -0.147 e. The van der Waals surface area contributed by atoms with Crippen molar-refractivity contribution in [2.75, 3.05) is 5.32 Å². The van der Waals surface area contributed by atoms with Gasteiger partial charge in [0, 0.05) is 0 Å². The van der Waals surface area contributed by atoms with E-state index in [1.165, 1.54) is 16.8 Å². The third-order valence-corrected chi connectivity index (χ3v) is 5.29. The summed E-state index contributed by atoms with van der Waals surface area (Å²) in [6, 6.07) is 4.66. The predicted octanol–water partition coefficient (Wildman–Crippen LogP) is 1.83. The smallest absolute Gasteiger partial charge is 0.147 e. The van der Waals surface area contributed by atoms with Gasteiger partial charge in [0.25, 0.3) is 0 Å². The van der Waals surface area contributed by atoms with E-state index in [1.54, 1.807) is 3.61 Å². The molecule has 0 fully saturated rings. The largest absolute Gasteiger partial charge is 0.147 e. The Kier molecular flexibility index (Phi) is 3.51. The second-order valence-electron chi connectivity index (χ2n) is 3.34. The summed E-state index contributed by atoms with van der Waals surface area (Å²) in [6.07, 6.45) is 0. The second-order valence-corrected chi connectivity index (χ2v) is 7.28. The number of hydrogen-bond donors (Lipinski definition) is 1. The average Bonchev–Trinajstić information content (AvgIpc) is 2.30. The summed E-state index contributed by atoms with van der Waals surface area (Å²) in [5.74, 6) is 0. The molecule has 0 radical (unpaired) electrons.